The van der Waals surface area contributed by atoms with Crippen LogP contribution in [0.5, 0.6) is 5.75 Å². The number of aryl methyl sites for hydroxylation is 2. The number of nitrogens with zero attached hydrogens (tertiary/aromatic N) is 1. The Bertz CT molecular complexity index is 739. The van der Waals surface area contributed by atoms with Crippen LogP contribution in [-0.2, 0) is 13.0 Å². The molecule has 1 unspecified atom stereocenters. The molecule has 2 N–H and O–H groups in total. The quantitative estimate of drug-likeness (QED) is 0.877. The fourth-order valence-electron chi connectivity index (χ4n) is 3.15. The highest BCUT2D eigenvalue weighted by Crippen LogP contribution is 2.27. The second-order valence-electron chi connectivity index (χ2n) is 6.16. The van der Waals surface area contributed by atoms with Crippen LogP contribution in [-0.4, -0.2) is 22.6 Å². The van der Waals surface area contributed by atoms with E-state index in [0.717, 1.165) is 12.0 Å². The van der Waals surface area contributed by atoms with Crippen molar-refractivity contribution in [3.8, 4) is 5.75 Å². The van der Waals surface area contributed by atoms with Gasteiger partial charge in [0.1, 0.15) is 5.75 Å². The third-order valence-corrected chi connectivity index (χ3v) is 5.36. The van der Waals surface area contributed by atoms with Crippen LogP contribution >= 0.6 is 11.3 Å². The van der Waals surface area contributed by atoms with Gasteiger partial charge in [0.05, 0.1) is 6.04 Å². The monoisotopic (exact) mass is 330 g/mol. The number of phenols is 1. The van der Waals surface area contributed by atoms with E-state index in [1.807, 2.05) is 17.9 Å². The van der Waals surface area contributed by atoms with Crippen LogP contribution in [0.15, 0.2) is 24.3 Å². The number of carbonyl (C=O) groups is 1. The number of thiophene rings is 1. The summed E-state index contributed by atoms with van der Waals surface area (Å²) < 4.78 is 0. The van der Waals surface area contributed by atoms with E-state index in [2.05, 4.69) is 25.2 Å². The normalized spacial score (nSPS) is 15.2. The maximum atomic E-state index is 12.6. The van der Waals surface area contributed by atoms with Crippen LogP contribution in [0.1, 0.15) is 39.4 Å². The van der Waals surface area contributed by atoms with Crippen molar-refractivity contribution in [3.05, 3.63) is 50.7 Å². The Balaban J connectivity index is 1.68. The van der Waals surface area contributed by atoms with E-state index in [4.69, 9.17) is 0 Å². The lowest BCUT2D eigenvalue weighted by Gasteiger charge is -2.30. The summed E-state index contributed by atoms with van der Waals surface area (Å²) in [6, 6.07) is 7.50. The summed E-state index contributed by atoms with van der Waals surface area (Å²) in [5.74, 6) is 0.253. The molecule has 1 aliphatic heterocycles. The third-order valence-electron chi connectivity index (χ3n) is 4.38. The molecule has 1 aromatic carbocycles. The van der Waals surface area contributed by atoms with Gasteiger partial charge in [-0.05, 0) is 62.1 Å². The number of urea groups is 1. The lowest BCUT2D eigenvalue weighted by atomic mass is 10.00. The molecule has 23 heavy (non-hydrogen) atoms. The first kappa shape index (κ1) is 15.9. The zero-order valence-corrected chi connectivity index (χ0v) is 14.5. The lowest BCUT2D eigenvalue weighted by Crippen LogP contribution is -2.43. The van der Waals surface area contributed by atoms with Gasteiger partial charge in [0.25, 0.3) is 0 Å². The number of carbonyl (C=O) groups excluding carboxylic acids is 1. The van der Waals surface area contributed by atoms with Crippen molar-refractivity contribution < 1.29 is 9.90 Å². The van der Waals surface area contributed by atoms with Gasteiger partial charge in [-0.2, -0.15) is 0 Å². The molecule has 0 radical (unpaired) electrons. The lowest BCUT2D eigenvalue weighted by molar-refractivity contribution is 0.189. The summed E-state index contributed by atoms with van der Waals surface area (Å²) in [7, 11) is 0. The number of nitrogens with one attached hydrogen (secondary N) is 1. The standard InChI is InChI=1S/C18H22N2O2S/c1-11-8-17(13(3)23-11)12(2)19-18(22)20-7-6-14-4-5-16(21)9-15(14)10-20/h4-5,8-9,12,21H,6-7,10H2,1-3H3,(H,19,22). The van der Waals surface area contributed by atoms with Crippen molar-refractivity contribution in [2.75, 3.05) is 6.54 Å². The third kappa shape index (κ3) is 3.34. The largest absolute Gasteiger partial charge is 0.508 e. The van der Waals surface area contributed by atoms with Crippen LogP contribution in [0.2, 0.25) is 0 Å². The molecule has 3 rings (SSSR count). The van der Waals surface area contributed by atoms with Crippen molar-refractivity contribution in [1.29, 1.82) is 0 Å². The number of rotatable bonds is 2. The molecule has 2 amide bonds. The van der Waals surface area contributed by atoms with Crippen molar-refractivity contribution >= 4 is 17.4 Å². The molecule has 1 aliphatic rings. The number of hydrogen-bond acceptors (Lipinski definition) is 3. The minimum Gasteiger partial charge on any atom is -0.508 e. The second kappa shape index (κ2) is 6.24. The van der Waals surface area contributed by atoms with Gasteiger partial charge in [0, 0.05) is 22.8 Å². The summed E-state index contributed by atoms with van der Waals surface area (Å²) >= 11 is 1.76. The van der Waals surface area contributed by atoms with E-state index in [0.29, 0.717) is 13.1 Å². The van der Waals surface area contributed by atoms with E-state index in [1.54, 1.807) is 23.5 Å². The zero-order chi connectivity index (χ0) is 16.6. The maximum absolute atomic E-state index is 12.6. The molecule has 4 nitrogen and oxygen atoms in total. The highest BCUT2D eigenvalue weighted by atomic mass is 32.1. The number of benzene rings is 1. The summed E-state index contributed by atoms with van der Waals surface area (Å²) in [6.07, 6.45) is 0.827. The molecular formula is C18H22N2O2S. The highest BCUT2D eigenvalue weighted by Gasteiger charge is 2.23. The van der Waals surface area contributed by atoms with E-state index >= 15 is 0 Å². The number of amides is 2. The van der Waals surface area contributed by atoms with Crippen molar-refractivity contribution in [3.63, 3.8) is 0 Å². The molecule has 1 aromatic heterocycles. The molecule has 0 saturated carbocycles. The number of fused-ring (bicyclic) bond motifs is 1. The van der Waals surface area contributed by atoms with E-state index in [9.17, 15) is 9.90 Å². The Hall–Kier alpha value is -2.01. The number of hydrogen-bond donors (Lipinski definition) is 2. The van der Waals surface area contributed by atoms with Crippen molar-refractivity contribution in [1.82, 2.24) is 10.2 Å². The fourth-order valence-corrected chi connectivity index (χ4v) is 4.17. The smallest absolute Gasteiger partial charge is 0.318 e. The maximum Gasteiger partial charge on any atom is 0.318 e. The average Bonchev–Trinajstić information content (AvgIpc) is 2.85. The molecule has 122 valence electrons. The molecule has 2 aromatic rings. The van der Waals surface area contributed by atoms with Crippen molar-refractivity contribution in [2.45, 2.75) is 39.8 Å². The first-order valence-corrected chi connectivity index (χ1v) is 8.69. The Morgan fingerprint density at radius 3 is 2.78 bits per heavy atom. The van der Waals surface area contributed by atoms with E-state index < -0.39 is 0 Å². The first-order valence-electron chi connectivity index (χ1n) is 7.87. The summed E-state index contributed by atoms with van der Waals surface area (Å²) in [5, 5.41) is 12.7. The molecule has 1 atom stereocenters. The minimum atomic E-state index is -0.0465. The summed E-state index contributed by atoms with van der Waals surface area (Å²) in [6.45, 7) is 7.46. The predicted octanol–water partition coefficient (Wildman–Crippen LogP) is 3.90. The number of phenolic OH excluding ortho intramolecular Hbond substituents is 1. The van der Waals surface area contributed by atoms with Crippen LogP contribution < -0.4 is 5.32 Å². The van der Waals surface area contributed by atoms with E-state index in [1.165, 1.54) is 20.9 Å². The second-order valence-corrected chi connectivity index (χ2v) is 7.62. The van der Waals surface area contributed by atoms with Gasteiger partial charge in [-0.25, -0.2) is 4.79 Å². The molecular weight excluding hydrogens is 308 g/mol. The molecule has 0 bridgehead atoms. The summed E-state index contributed by atoms with van der Waals surface area (Å²) in [4.78, 5) is 16.9. The van der Waals surface area contributed by atoms with Gasteiger partial charge < -0.3 is 15.3 Å². The predicted molar refractivity (Wildman–Crippen MR) is 93.0 cm³/mol. The molecule has 0 fully saturated rings. The van der Waals surface area contributed by atoms with E-state index in [-0.39, 0.29) is 17.8 Å². The zero-order valence-electron chi connectivity index (χ0n) is 13.7. The molecule has 5 heteroatoms. The fraction of sp³-hybridized carbons (Fsp3) is 0.389. The van der Waals surface area contributed by atoms with Crippen molar-refractivity contribution in [2.24, 2.45) is 0 Å². The summed E-state index contributed by atoms with van der Waals surface area (Å²) in [5.41, 5.74) is 3.43. The Morgan fingerprint density at radius 2 is 2.09 bits per heavy atom. The number of aromatic hydroxyl groups is 1. The Kier molecular flexibility index (Phi) is 4.31. The first-order chi connectivity index (χ1) is 10.9. The topological polar surface area (TPSA) is 52.6 Å². The Morgan fingerprint density at radius 1 is 1.30 bits per heavy atom. The SMILES string of the molecule is Cc1cc(C(C)NC(=O)N2CCc3ccc(O)cc3C2)c(C)s1. The minimum absolute atomic E-state index is 0.00183. The average molecular weight is 330 g/mol. The van der Waals surface area contributed by atoms with Gasteiger partial charge >= 0.3 is 6.03 Å². The van der Waals surface area contributed by atoms with Gasteiger partial charge in [-0.15, -0.1) is 11.3 Å². The molecule has 0 spiro atoms. The molecule has 0 saturated heterocycles. The Labute approximate surface area is 140 Å². The van der Waals surface area contributed by atoms with Crippen LogP contribution in [0.3, 0.4) is 0 Å². The van der Waals surface area contributed by atoms with Gasteiger partial charge in [-0.3, -0.25) is 0 Å². The highest BCUT2D eigenvalue weighted by molar-refractivity contribution is 7.12. The van der Waals surface area contributed by atoms with Crippen LogP contribution in [0, 0.1) is 13.8 Å². The van der Waals surface area contributed by atoms with Crippen LogP contribution in [0.25, 0.3) is 0 Å². The van der Waals surface area contributed by atoms with Gasteiger partial charge in [0.2, 0.25) is 0 Å². The van der Waals surface area contributed by atoms with Gasteiger partial charge in [-0.1, -0.05) is 6.07 Å². The van der Waals surface area contributed by atoms with Crippen LogP contribution in [0.4, 0.5) is 4.79 Å². The molecule has 2 heterocycles. The van der Waals surface area contributed by atoms with Gasteiger partial charge in [0.15, 0.2) is 0 Å². The molecule has 0 aliphatic carbocycles.